The Balaban J connectivity index is 0.861. The second-order valence-corrected chi connectivity index (χ2v) is 12.1. The average molecular weight is 488 g/mol. The Bertz CT molecular complexity index is 1090. The number of hydrogen-bond donors (Lipinski definition) is 1. The lowest BCUT2D eigenvalue weighted by molar-refractivity contribution is -0.136. The maximum absolute atomic E-state index is 13.2. The van der Waals surface area contributed by atoms with Crippen molar-refractivity contribution < 1.29 is 9.59 Å². The van der Waals surface area contributed by atoms with Gasteiger partial charge in [0.25, 0.3) is 0 Å². The number of likely N-dealkylation sites (tertiary alicyclic amines) is 2. The molecule has 2 saturated heterocycles. The summed E-state index contributed by atoms with van der Waals surface area (Å²) in [5.41, 5.74) is 4.20. The zero-order valence-corrected chi connectivity index (χ0v) is 21.2. The Kier molecular flexibility index (Phi) is 5.28. The van der Waals surface area contributed by atoms with Crippen LogP contribution in [0.25, 0.3) is 0 Å². The molecule has 1 N–H and O–H groups in total. The third kappa shape index (κ3) is 3.69. The second-order valence-electron chi connectivity index (χ2n) is 12.1. The number of carbonyl (C=O) groups excluding carboxylic acids is 2. The lowest BCUT2D eigenvalue weighted by Gasteiger charge is -2.39. The van der Waals surface area contributed by atoms with Crippen LogP contribution in [0.5, 0.6) is 0 Å². The Morgan fingerprint density at radius 1 is 1.03 bits per heavy atom. The first-order valence-electron chi connectivity index (χ1n) is 13.9. The number of amides is 3. The zero-order valence-electron chi connectivity index (χ0n) is 21.2. The van der Waals surface area contributed by atoms with Gasteiger partial charge in [-0.05, 0) is 98.2 Å². The number of piperidine rings is 2. The number of nitrogens with zero attached hydrogens (tertiary/aromatic N) is 4. The van der Waals surface area contributed by atoms with E-state index in [2.05, 4.69) is 45.4 Å². The van der Waals surface area contributed by atoms with Crippen LogP contribution in [0.1, 0.15) is 43.2 Å². The third-order valence-electron chi connectivity index (χ3n) is 10.2. The fraction of sp³-hybridized carbons (Fsp3) is 0.621. The summed E-state index contributed by atoms with van der Waals surface area (Å²) in [5, 5.41) is 3.29. The van der Waals surface area contributed by atoms with Gasteiger partial charge in [0.15, 0.2) is 0 Å². The van der Waals surface area contributed by atoms with Crippen molar-refractivity contribution in [3.63, 3.8) is 0 Å². The SMILES string of the molecule is CN1CCC(C2=CCC(C(=O)N3CCC4(CC3)C3C(NC(=O)N5Cc6ccncc6C5)C34)C=C2)CC1. The predicted molar refractivity (Wildman–Crippen MR) is 137 cm³/mol. The van der Waals surface area contributed by atoms with Crippen LogP contribution >= 0.6 is 0 Å². The van der Waals surface area contributed by atoms with Gasteiger partial charge in [0.2, 0.25) is 5.91 Å². The summed E-state index contributed by atoms with van der Waals surface area (Å²) < 4.78 is 0. The number of hydrogen-bond acceptors (Lipinski definition) is 4. The number of fused-ring (bicyclic) bond motifs is 4. The molecule has 6 aliphatic rings. The predicted octanol–water partition coefficient (Wildman–Crippen LogP) is 3.19. The summed E-state index contributed by atoms with van der Waals surface area (Å²) in [7, 11) is 2.20. The molecule has 0 radical (unpaired) electrons. The highest BCUT2D eigenvalue weighted by Crippen LogP contribution is 2.80. The number of urea groups is 1. The Hall–Kier alpha value is -2.67. The van der Waals surface area contributed by atoms with Gasteiger partial charge in [-0.15, -0.1) is 0 Å². The van der Waals surface area contributed by atoms with E-state index in [1.165, 1.54) is 37.1 Å². The molecule has 0 aromatic carbocycles. The molecule has 190 valence electrons. The van der Waals surface area contributed by atoms with Gasteiger partial charge >= 0.3 is 6.03 Å². The van der Waals surface area contributed by atoms with E-state index in [1.807, 2.05) is 17.2 Å². The van der Waals surface area contributed by atoms with E-state index in [9.17, 15) is 9.59 Å². The molecule has 1 spiro atoms. The molecule has 4 fully saturated rings. The maximum atomic E-state index is 13.2. The Morgan fingerprint density at radius 2 is 1.78 bits per heavy atom. The first-order valence-corrected chi connectivity index (χ1v) is 13.9. The molecule has 4 heterocycles. The van der Waals surface area contributed by atoms with Gasteiger partial charge in [-0.2, -0.15) is 0 Å². The Labute approximate surface area is 213 Å². The minimum absolute atomic E-state index is 0.00891. The van der Waals surface area contributed by atoms with Crippen LogP contribution in [-0.2, 0) is 17.9 Å². The van der Waals surface area contributed by atoms with Crippen LogP contribution in [0, 0.1) is 29.1 Å². The molecule has 0 bridgehead atoms. The van der Waals surface area contributed by atoms with Gasteiger partial charge in [0.1, 0.15) is 0 Å². The van der Waals surface area contributed by atoms with Crippen LogP contribution in [0.3, 0.4) is 0 Å². The van der Waals surface area contributed by atoms with Gasteiger partial charge < -0.3 is 20.0 Å². The van der Waals surface area contributed by atoms with E-state index in [4.69, 9.17) is 0 Å². The van der Waals surface area contributed by atoms with E-state index in [1.54, 1.807) is 6.20 Å². The molecule has 3 aliphatic heterocycles. The van der Waals surface area contributed by atoms with Gasteiger partial charge in [-0.3, -0.25) is 9.78 Å². The topological polar surface area (TPSA) is 68.8 Å². The van der Waals surface area contributed by atoms with Crippen LogP contribution in [-0.4, -0.2) is 70.9 Å². The van der Waals surface area contributed by atoms with E-state index in [-0.39, 0.29) is 11.9 Å². The number of aromatic nitrogens is 1. The minimum atomic E-state index is 0.00891. The number of rotatable bonds is 3. The van der Waals surface area contributed by atoms with Gasteiger partial charge in [-0.25, -0.2) is 4.79 Å². The number of carbonyl (C=O) groups is 2. The highest BCUT2D eigenvalue weighted by molar-refractivity contribution is 5.81. The summed E-state index contributed by atoms with van der Waals surface area (Å²) in [6, 6.07) is 2.41. The van der Waals surface area contributed by atoms with Crippen molar-refractivity contribution in [2.45, 2.75) is 51.2 Å². The van der Waals surface area contributed by atoms with Gasteiger partial charge in [0, 0.05) is 44.6 Å². The average Bonchev–Trinajstić information content (AvgIpc) is 3.74. The van der Waals surface area contributed by atoms with Gasteiger partial charge in [0.05, 0.1) is 5.92 Å². The van der Waals surface area contributed by atoms with Crippen molar-refractivity contribution in [3.05, 3.63) is 53.4 Å². The Morgan fingerprint density at radius 3 is 2.47 bits per heavy atom. The van der Waals surface area contributed by atoms with Crippen LogP contribution < -0.4 is 5.32 Å². The summed E-state index contributed by atoms with van der Waals surface area (Å²) >= 11 is 0. The smallest absolute Gasteiger partial charge is 0.318 e. The second kappa shape index (κ2) is 8.44. The lowest BCUT2D eigenvalue weighted by Crippen LogP contribution is -2.47. The van der Waals surface area contributed by atoms with Crippen LogP contribution in [0.2, 0.25) is 0 Å². The van der Waals surface area contributed by atoms with E-state index < -0.39 is 0 Å². The van der Waals surface area contributed by atoms with E-state index >= 15 is 0 Å². The summed E-state index contributed by atoms with van der Waals surface area (Å²) in [4.78, 5) is 36.6. The molecule has 3 unspecified atom stereocenters. The molecule has 1 aromatic rings. The van der Waals surface area contributed by atoms with Crippen LogP contribution in [0.4, 0.5) is 4.79 Å². The third-order valence-corrected chi connectivity index (χ3v) is 10.2. The fourth-order valence-corrected chi connectivity index (χ4v) is 7.75. The molecule has 7 heteroatoms. The van der Waals surface area contributed by atoms with Crippen molar-refractivity contribution in [1.82, 2.24) is 25.0 Å². The molecule has 3 aliphatic carbocycles. The molecule has 2 saturated carbocycles. The molecular formula is C29H37N5O2. The molecule has 7 nitrogen and oxygen atoms in total. The minimum Gasteiger partial charge on any atom is -0.342 e. The fourth-order valence-electron chi connectivity index (χ4n) is 7.75. The molecule has 7 rings (SSSR count). The summed E-state index contributed by atoms with van der Waals surface area (Å²) in [6.45, 7) is 5.42. The normalized spacial score (nSPS) is 32.6. The molecule has 36 heavy (non-hydrogen) atoms. The first-order chi connectivity index (χ1) is 17.5. The van der Waals surface area contributed by atoms with E-state index in [0.29, 0.717) is 48.2 Å². The van der Waals surface area contributed by atoms with Crippen molar-refractivity contribution >= 4 is 11.9 Å². The van der Waals surface area contributed by atoms with Crippen molar-refractivity contribution in [1.29, 1.82) is 0 Å². The maximum Gasteiger partial charge on any atom is 0.318 e. The molecule has 3 amide bonds. The number of allylic oxidation sites excluding steroid dienone is 3. The quantitative estimate of drug-likeness (QED) is 0.711. The number of pyridine rings is 1. The molecule has 3 atom stereocenters. The zero-order chi connectivity index (χ0) is 24.4. The highest BCUT2D eigenvalue weighted by atomic mass is 16.2. The monoisotopic (exact) mass is 487 g/mol. The van der Waals surface area contributed by atoms with Crippen molar-refractivity contribution in [2.75, 3.05) is 33.2 Å². The standard InChI is InChI=1S/C29H37N5O2/c1-32-12-7-20(8-13-32)19-2-4-21(5-3-19)27(35)33-14-9-29(10-15-33)24-25(29)26(24)31-28(36)34-17-22-6-11-30-16-23(22)18-34/h2-4,6,11,16,20-21,24-26H,5,7-10,12-15,17-18H2,1H3,(H,31,36). The lowest BCUT2D eigenvalue weighted by atomic mass is 9.81. The summed E-state index contributed by atoms with van der Waals surface area (Å²) in [5.74, 6) is 2.23. The molecular weight excluding hydrogens is 450 g/mol. The van der Waals surface area contributed by atoms with E-state index in [0.717, 1.165) is 37.9 Å². The van der Waals surface area contributed by atoms with Gasteiger partial charge in [-0.1, -0.05) is 18.2 Å². The van der Waals surface area contributed by atoms with Crippen molar-refractivity contribution in [2.24, 2.45) is 29.1 Å². The molecule has 1 aromatic heterocycles. The summed E-state index contributed by atoms with van der Waals surface area (Å²) in [6.07, 6.45) is 15.9. The first kappa shape index (κ1) is 22.5. The van der Waals surface area contributed by atoms with Crippen molar-refractivity contribution in [3.8, 4) is 0 Å². The highest BCUT2D eigenvalue weighted by Gasteiger charge is 2.83. The number of nitrogens with one attached hydrogen (secondary N) is 1. The van der Waals surface area contributed by atoms with Crippen LogP contribution in [0.15, 0.2) is 42.3 Å². The largest absolute Gasteiger partial charge is 0.342 e.